The molecule has 0 unspecified atom stereocenters. The fourth-order valence-electron chi connectivity index (χ4n) is 3.99. The number of rotatable bonds is 9. The normalized spacial score (nSPS) is 13.7. The summed E-state index contributed by atoms with van der Waals surface area (Å²) in [6.07, 6.45) is 3.15. The topological polar surface area (TPSA) is 111 Å². The Morgan fingerprint density at radius 3 is 2.53 bits per heavy atom. The van der Waals surface area contributed by atoms with E-state index in [0.29, 0.717) is 31.2 Å². The Balaban J connectivity index is 1.37. The molecule has 2 aromatic carbocycles. The third-order valence-electron chi connectivity index (χ3n) is 5.84. The Kier molecular flexibility index (Phi) is 7.84. The SMILES string of the molecule is CCOc1cc(/C=C/c2onc(C)c2[N+](=O)[O-])ccc1OCC(=O)N1CCN(c2ccccc2)CC1. The fraction of sp³-hybridized carbons (Fsp3) is 0.308. The number of amides is 1. The van der Waals surface area contributed by atoms with Gasteiger partial charge in [-0.1, -0.05) is 35.5 Å². The van der Waals surface area contributed by atoms with Crippen molar-refractivity contribution < 1.29 is 23.7 Å². The van der Waals surface area contributed by atoms with E-state index in [1.54, 1.807) is 24.3 Å². The quantitative estimate of drug-likeness (QED) is 0.323. The van der Waals surface area contributed by atoms with Gasteiger partial charge < -0.3 is 23.8 Å². The summed E-state index contributed by atoms with van der Waals surface area (Å²) < 4.78 is 16.6. The van der Waals surface area contributed by atoms with Crippen molar-refractivity contribution in [1.82, 2.24) is 10.1 Å². The number of aryl methyl sites for hydroxylation is 1. The first-order valence-corrected chi connectivity index (χ1v) is 11.7. The maximum atomic E-state index is 12.8. The monoisotopic (exact) mass is 492 g/mol. The first-order chi connectivity index (χ1) is 17.5. The Bertz CT molecular complexity index is 1230. The predicted molar refractivity (Wildman–Crippen MR) is 135 cm³/mol. The molecule has 0 saturated carbocycles. The van der Waals surface area contributed by atoms with Gasteiger partial charge in [0.15, 0.2) is 23.8 Å². The maximum absolute atomic E-state index is 12.8. The summed E-state index contributed by atoms with van der Waals surface area (Å²) >= 11 is 0. The van der Waals surface area contributed by atoms with Crippen LogP contribution in [-0.2, 0) is 4.79 Å². The number of benzene rings is 2. The van der Waals surface area contributed by atoms with Crippen molar-refractivity contribution >= 4 is 29.4 Å². The molecule has 0 atom stereocenters. The minimum atomic E-state index is -0.521. The van der Waals surface area contributed by atoms with Gasteiger partial charge in [-0.3, -0.25) is 14.9 Å². The lowest BCUT2D eigenvalue weighted by molar-refractivity contribution is -0.386. The molecule has 0 aliphatic carbocycles. The number of nitrogens with zero attached hydrogens (tertiary/aromatic N) is 4. The van der Waals surface area contributed by atoms with E-state index in [2.05, 4.69) is 22.2 Å². The Labute approximate surface area is 208 Å². The third kappa shape index (κ3) is 5.83. The molecule has 1 amide bonds. The third-order valence-corrected chi connectivity index (χ3v) is 5.84. The average Bonchev–Trinajstić information content (AvgIpc) is 3.28. The predicted octanol–water partition coefficient (Wildman–Crippen LogP) is 4.19. The lowest BCUT2D eigenvalue weighted by atomic mass is 10.1. The van der Waals surface area contributed by atoms with Gasteiger partial charge in [0.1, 0.15) is 0 Å². The number of hydrogen-bond donors (Lipinski definition) is 0. The Morgan fingerprint density at radius 1 is 1.08 bits per heavy atom. The molecule has 2 heterocycles. The molecule has 10 heteroatoms. The van der Waals surface area contributed by atoms with E-state index in [4.69, 9.17) is 14.0 Å². The molecular weight excluding hydrogens is 464 g/mol. The van der Waals surface area contributed by atoms with Crippen molar-refractivity contribution in [3.8, 4) is 11.5 Å². The summed E-state index contributed by atoms with van der Waals surface area (Å²) in [6.45, 7) is 6.48. The molecule has 188 valence electrons. The van der Waals surface area contributed by atoms with Gasteiger partial charge in [-0.05, 0) is 49.8 Å². The number of piperazine rings is 1. The van der Waals surface area contributed by atoms with E-state index in [0.717, 1.165) is 24.3 Å². The summed E-state index contributed by atoms with van der Waals surface area (Å²) in [7, 11) is 0. The molecule has 10 nitrogen and oxygen atoms in total. The first-order valence-electron chi connectivity index (χ1n) is 11.7. The average molecular weight is 493 g/mol. The number of para-hydroxylation sites is 1. The van der Waals surface area contributed by atoms with Gasteiger partial charge in [-0.25, -0.2) is 0 Å². The Hall–Kier alpha value is -4.34. The van der Waals surface area contributed by atoms with Crippen LogP contribution in [0.2, 0.25) is 0 Å². The molecule has 1 aliphatic heterocycles. The summed E-state index contributed by atoms with van der Waals surface area (Å²) in [4.78, 5) is 27.5. The second kappa shape index (κ2) is 11.4. The van der Waals surface area contributed by atoms with E-state index in [1.807, 2.05) is 30.0 Å². The zero-order valence-electron chi connectivity index (χ0n) is 20.3. The molecule has 0 radical (unpaired) electrons. The molecule has 1 aliphatic rings. The van der Waals surface area contributed by atoms with Crippen LogP contribution >= 0.6 is 0 Å². The van der Waals surface area contributed by atoms with Crippen LogP contribution in [0.4, 0.5) is 11.4 Å². The lowest BCUT2D eigenvalue weighted by Crippen LogP contribution is -2.50. The van der Waals surface area contributed by atoms with E-state index in [9.17, 15) is 14.9 Å². The van der Waals surface area contributed by atoms with Gasteiger partial charge in [0, 0.05) is 31.9 Å². The summed E-state index contributed by atoms with van der Waals surface area (Å²) in [5, 5.41) is 14.9. The van der Waals surface area contributed by atoms with Crippen LogP contribution in [0.1, 0.15) is 23.9 Å². The number of aromatic nitrogens is 1. The van der Waals surface area contributed by atoms with Crippen molar-refractivity contribution in [3.05, 3.63) is 75.7 Å². The van der Waals surface area contributed by atoms with Gasteiger partial charge >= 0.3 is 5.69 Å². The molecule has 0 bridgehead atoms. The van der Waals surface area contributed by atoms with Crippen LogP contribution in [0.3, 0.4) is 0 Å². The number of hydrogen-bond acceptors (Lipinski definition) is 8. The standard InChI is InChI=1S/C26H28N4O6/c1-3-34-24-17-20(10-12-23-26(30(32)33)19(2)27-36-23)9-11-22(24)35-18-25(31)29-15-13-28(14-16-29)21-7-5-4-6-8-21/h4-12,17H,3,13-16,18H2,1-2H3/b12-10+. The van der Waals surface area contributed by atoms with Gasteiger partial charge in [-0.15, -0.1) is 0 Å². The second-order valence-electron chi connectivity index (χ2n) is 8.20. The van der Waals surface area contributed by atoms with Crippen molar-refractivity contribution in [2.24, 2.45) is 0 Å². The van der Waals surface area contributed by atoms with Crippen LogP contribution in [-0.4, -0.2) is 60.3 Å². The molecule has 1 aromatic heterocycles. The lowest BCUT2D eigenvalue weighted by Gasteiger charge is -2.36. The highest BCUT2D eigenvalue weighted by Crippen LogP contribution is 2.30. The number of carbonyl (C=O) groups is 1. The highest BCUT2D eigenvalue weighted by Gasteiger charge is 2.23. The van der Waals surface area contributed by atoms with Crippen LogP contribution in [0.25, 0.3) is 12.2 Å². The van der Waals surface area contributed by atoms with Crippen LogP contribution in [0.15, 0.2) is 53.1 Å². The Morgan fingerprint density at radius 2 is 1.83 bits per heavy atom. The number of nitro groups is 1. The van der Waals surface area contributed by atoms with Crippen LogP contribution < -0.4 is 14.4 Å². The molecule has 1 saturated heterocycles. The molecule has 0 spiro atoms. The van der Waals surface area contributed by atoms with Gasteiger partial charge in [0.2, 0.25) is 5.76 Å². The minimum absolute atomic E-state index is 0.0637. The van der Waals surface area contributed by atoms with E-state index >= 15 is 0 Å². The van der Waals surface area contributed by atoms with E-state index in [-0.39, 0.29) is 29.7 Å². The molecule has 3 aromatic rings. The number of ether oxygens (including phenoxy) is 2. The summed E-state index contributed by atoms with van der Waals surface area (Å²) in [5.41, 5.74) is 1.92. The van der Waals surface area contributed by atoms with E-state index < -0.39 is 4.92 Å². The summed E-state index contributed by atoms with van der Waals surface area (Å²) in [5.74, 6) is 0.909. The van der Waals surface area contributed by atoms with Crippen molar-refractivity contribution in [1.29, 1.82) is 0 Å². The molecule has 1 fully saturated rings. The highest BCUT2D eigenvalue weighted by molar-refractivity contribution is 5.78. The fourth-order valence-corrected chi connectivity index (χ4v) is 3.99. The zero-order chi connectivity index (χ0) is 25.5. The van der Waals surface area contributed by atoms with Crippen molar-refractivity contribution in [2.45, 2.75) is 13.8 Å². The van der Waals surface area contributed by atoms with Crippen molar-refractivity contribution in [3.63, 3.8) is 0 Å². The maximum Gasteiger partial charge on any atom is 0.338 e. The molecule has 4 rings (SSSR count). The number of anilines is 1. The van der Waals surface area contributed by atoms with Crippen molar-refractivity contribution in [2.75, 3.05) is 44.3 Å². The van der Waals surface area contributed by atoms with Crippen LogP contribution in [0.5, 0.6) is 11.5 Å². The molecular formula is C26H28N4O6. The van der Waals surface area contributed by atoms with Gasteiger partial charge in [0.05, 0.1) is 11.5 Å². The summed E-state index contributed by atoms with van der Waals surface area (Å²) in [6, 6.07) is 15.4. The molecule has 36 heavy (non-hydrogen) atoms. The van der Waals surface area contributed by atoms with Gasteiger partial charge in [0.25, 0.3) is 5.91 Å². The highest BCUT2D eigenvalue weighted by atomic mass is 16.6. The largest absolute Gasteiger partial charge is 0.490 e. The second-order valence-corrected chi connectivity index (χ2v) is 8.20. The minimum Gasteiger partial charge on any atom is -0.490 e. The first kappa shape index (κ1) is 24.8. The van der Waals surface area contributed by atoms with Gasteiger partial charge in [-0.2, -0.15) is 0 Å². The van der Waals surface area contributed by atoms with E-state index in [1.165, 1.54) is 13.0 Å². The van der Waals surface area contributed by atoms with Crippen LogP contribution in [0, 0.1) is 17.0 Å². The number of carbonyl (C=O) groups excluding carboxylic acids is 1. The smallest absolute Gasteiger partial charge is 0.338 e. The zero-order valence-corrected chi connectivity index (χ0v) is 20.3. The molecule has 0 N–H and O–H groups in total.